The zero-order valence-corrected chi connectivity index (χ0v) is 21.2. The average molecular weight is 474 g/mol. The number of methoxy groups -OCH3 is 1. The van der Waals surface area contributed by atoms with Crippen LogP contribution >= 0.6 is 0 Å². The van der Waals surface area contributed by atoms with Crippen molar-refractivity contribution in [3.8, 4) is 5.75 Å². The molecule has 1 saturated heterocycles. The smallest absolute Gasteiger partial charge is 0.300 e. The van der Waals surface area contributed by atoms with Crippen molar-refractivity contribution in [3.63, 3.8) is 0 Å². The number of benzene rings is 2. The van der Waals surface area contributed by atoms with Crippen LogP contribution in [-0.2, 0) is 15.0 Å². The van der Waals surface area contributed by atoms with Gasteiger partial charge in [-0.05, 0) is 73.7 Å². The minimum absolute atomic E-state index is 0.00437. The van der Waals surface area contributed by atoms with Crippen molar-refractivity contribution in [1.29, 1.82) is 0 Å². The van der Waals surface area contributed by atoms with Crippen LogP contribution in [0.4, 0.5) is 5.69 Å². The molecular weight excluding hydrogens is 442 g/mol. The van der Waals surface area contributed by atoms with Crippen molar-refractivity contribution in [1.82, 2.24) is 0 Å². The van der Waals surface area contributed by atoms with Gasteiger partial charge in [0.15, 0.2) is 0 Å². The van der Waals surface area contributed by atoms with Crippen LogP contribution in [0.3, 0.4) is 0 Å². The fourth-order valence-electron chi connectivity index (χ4n) is 4.53. The molecular formula is C29H31NO5. The highest BCUT2D eigenvalue weighted by Crippen LogP contribution is 2.44. The molecule has 0 bridgehead atoms. The Hall–Kier alpha value is -3.80. The van der Waals surface area contributed by atoms with Crippen LogP contribution in [-0.4, -0.2) is 23.9 Å². The summed E-state index contributed by atoms with van der Waals surface area (Å²) in [5.41, 5.74) is 3.42. The number of carbonyl (C=O) groups excluding carboxylic acids is 2. The number of ketones is 1. The van der Waals surface area contributed by atoms with Gasteiger partial charge in [0.25, 0.3) is 11.7 Å². The van der Waals surface area contributed by atoms with Gasteiger partial charge in [-0.25, -0.2) is 0 Å². The van der Waals surface area contributed by atoms with Gasteiger partial charge in [0.1, 0.15) is 29.1 Å². The summed E-state index contributed by atoms with van der Waals surface area (Å²) in [5, 5.41) is 11.5. The summed E-state index contributed by atoms with van der Waals surface area (Å²) in [6.45, 7) is 11.7. The highest BCUT2D eigenvalue weighted by Gasteiger charge is 2.49. The molecule has 1 aliphatic heterocycles. The SMILES string of the molecule is COc1ccc(/C(O)=C2/C(=O)C(=O)N(c3cc(C)ccc3C)C2c2ccc(C)o2)cc1C(C)(C)C. The predicted molar refractivity (Wildman–Crippen MR) is 136 cm³/mol. The third-order valence-electron chi connectivity index (χ3n) is 6.38. The van der Waals surface area contributed by atoms with Crippen LogP contribution in [0.25, 0.3) is 5.76 Å². The summed E-state index contributed by atoms with van der Waals surface area (Å²) >= 11 is 0. The van der Waals surface area contributed by atoms with E-state index in [1.54, 1.807) is 38.3 Å². The van der Waals surface area contributed by atoms with Crippen molar-refractivity contribution in [2.75, 3.05) is 12.0 Å². The third-order valence-corrected chi connectivity index (χ3v) is 6.38. The number of carbonyl (C=O) groups is 2. The van der Waals surface area contributed by atoms with Crippen LogP contribution < -0.4 is 9.64 Å². The Bertz CT molecular complexity index is 1360. The molecule has 2 heterocycles. The number of Topliss-reactive ketones (excluding diaryl/α,β-unsaturated/α-hetero) is 1. The summed E-state index contributed by atoms with van der Waals surface area (Å²) in [4.78, 5) is 28.3. The van der Waals surface area contributed by atoms with Crippen LogP contribution in [0.1, 0.15) is 60.6 Å². The van der Waals surface area contributed by atoms with E-state index >= 15 is 0 Å². The summed E-state index contributed by atoms with van der Waals surface area (Å²) < 4.78 is 11.4. The number of aliphatic hydroxyl groups is 1. The number of anilines is 1. The van der Waals surface area contributed by atoms with E-state index in [4.69, 9.17) is 9.15 Å². The number of rotatable bonds is 4. The second kappa shape index (κ2) is 8.77. The number of furan rings is 1. The van der Waals surface area contributed by atoms with Crippen molar-refractivity contribution >= 4 is 23.1 Å². The minimum atomic E-state index is -0.899. The topological polar surface area (TPSA) is 80.0 Å². The normalized spacial score (nSPS) is 17.8. The molecule has 1 aliphatic rings. The molecule has 6 nitrogen and oxygen atoms in total. The quantitative estimate of drug-likeness (QED) is 0.280. The molecule has 1 N–H and O–H groups in total. The Morgan fingerprint density at radius 1 is 1.00 bits per heavy atom. The van der Waals surface area contributed by atoms with E-state index in [-0.39, 0.29) is 16.7 Å². The van der Waals surface area contributed by atoms with E-state index in [9.17, 15) is 14.7 Å². The van der Waals surface area contributed by atoms with Gasteiger partial charge in [0.05, 0.1) is 12.7 Å². The fraction of sp³-hybridized carbons (Fsp3) is 0.310. The van der Waals surface area contributed by atoms with Crippen LogP contribution in [0.2, 0.25) is 0 Å². The molecule has 35 heavy (non-hydrogen) atoms. The number of hydrogen-bond donors (Lipinski definition) is 1. The van der Waals surface area contributed by atoms with Crippen molar-refractivity contribution in [3.05, 3.63) is 87.9 Å². The number of ether oxygens (including phenoxy) is 1. The lowest BCUT2D eigenvalue weighted by Crippen LogP contribution is -2.30. The van der Waals surface area contributed by atoms with Gasteiger partial charge < -0.3 is 14.3 Å². The molecule has 3 aromatic rings. The van der Waals surface area contributed by atoms with Gasteiger partial charge in [0, 0.05) is 16.8 Å². The standard InChI is InChI=1S/C29H31NO5/c1-16-8-9-17(2)21(14-16)30-25(23-12-10-18(3)35-23)24(27(32)28(30)33)26(31)19-11-13-22(34-7)20(15-19)29(4,5)6/h8-15,25,31H,1-7H3/b26-24-. The highest BCUT2D eigenvalue weighted by atomic mass is 16.5. The van der Waals surface area contributed by atoms with Gasteiger partial charge in [-0.3, -0.25) is 14.5 Å². The first-order valence-corrected chi connectivity index (χ1v) is 11.6. The van der Waals surface area contributed by atoms with Crippen molar-refractivity contribution in [2.45, 2.75) is 53.0 Å². The van der Waals surface area contributed by atoms with Gasteiger partial charge in [-0.1, -0.05) is 32.9 Å². The predicted octanol–water partition coefficient (Wildman–Crippen LogP) is 6.14. The van der Waals surface area contributed by atoms with E-state index in [0.717, 1.165) is 16.7 Å². The Balaban J connectivity index is 1.97. The summed E-state index contributed by atoms with van der Waals surface area (Å²) in [6.07, 6.45) is 0. The summed E-state index contributed by atoms with van der Waals surface area (Å²) in [5.74, 6) is 0.0330. The number of aliphatic hydroxyl groups excluding tert-OH is 1. The zero-order valence-electron chi connectivity index (χ0n) is 21.2. The van der Waals surface area contributed by atoms with E-state index in [1.165, 1.54) is 4.90 Å². The Labute approximate surface area is 205 Å². The van der Waals surface area contributed by atoms with Crippen LogP contribution in [0.5, 0.6) is 5.75 Å². The van der Waals surface area contributed by atoms with E-state index in [1.807, 2.05) is 58.9 Å². The third kappa shape index (κ3) is 4.25. The zero-order chi connectivity index (χ0) is 25.7. The fourth-order valence-corrected chi connectivity index (χ4v) is 4.53. The number of aryl methyl sites for hydroxylation is 3. The van der Waals surface area contributed by atoms with Gasteiger partial charge in [-0.15, -0.1) is 0 Å². The molecule has 182 valence electrons. The number of hydrogen-bond acceptors (Lipinski definition) is 5. The van der Waals surface area contributed by atoms with Crippen molar-refractivity contribution in [2.24, 2.45) is 0 Å². The van der Waals surface area contributed by atoms with Crippen molar-refractivity contribution < 1.29 is 23.8 Å². The Morgan fingerprint density at radius 2 is 1.71 bits per heavy atom. The van der Waals surface area contributed by atoms with Gasteiger partial charge >= 0.3 is 0 Å². The Kier molecular flexibility index (Phi) is 6.09. The maximum atomic E-state index is 13.4. The minimum Gasteiger partial charge on any atom is -0.507 e. The second-order valence-electron chi connectivity index (χ2n) is 10.1. The summed E-state index contributed by atoms with van der Waals surface area (Å²) in [6, 6.07) is 13.6. The molecule has 1 aromatic heterocycles. The average Bonchev–Trinajstić information content (AvgIpc) is 3.34. The lowest BCUT2D eigenvalue weighted by Gasteiger charge is -2.26. The van der Waals surface area contributed by atoms with E-state index in [0.29, 0.717) is 28.5 Å². The monoisotopic (exact) mass is 473 g/mol. The Morgan fingerprint density at radius 3 is 2.31 bits per heavy atom. The first kappa shape index (κ1) is 24.3. The molecule has 2 aromatic carbocycles. The first-order chi connectivity index (χ1) is 16.4. The molecule has 6 heteroatoms. The lowest BCUT2D eigenvalue weighted by atomic mass is 9.84. The first-order valence-electron chi connectivity index (χ1n) is 11.6. The molecule has 1 unspecified atom stereocenters. The number of nitrogens with zero attached hydrogens (tertiary/aromatic N) is 1. The van der Waals surface area contributed by atoms with Gasteiger partial charge in [-0.2, -0.15) is 0 Å². The molecule has 0 aliphatic carbocycles. The van der Waals surface area contributed by atoms with Crippen LogP contribution in [0, 0.1) is 20.8 Å². The lowest BCUT2D eigenvalue weighted by molar-refractivity contribution is -0.132. The molecule has 1 amide bonds. The van der Waals surface area contributed by atoms with Crippen LogP contribution in [0.15, 0.2) is 58.5 Å². The number of amides is 1. The molecule has 1 fully saturated rings. The maximum absolute atomic E-state index is 13.4. The van der Waals surface area contributed by atoms with E-state index < -0.39 is 17.7 Å². The van der Waals surface area contributed by atoms with Gasteiger partial charge in [0.2, 0.25) is 0 Å². The second-order valence-corrected chi connectivity index (χ2v) is 10.1. The molecule has 4 rings (SSSR count). The molecule has 1 atom stereocenters. The van der Waals surface area contributed by atoms with E-state index in [2.05, 4.69) is 0 Å². The molecule has 0 radical (unpaired) electrons. The summed E-state index contributed by atoms with van der Waals surface area (Å²) in [7, 11) is 1.60. The maximum Gasteiger partial charge on any atom is 0.300 e. The molecule has 0 saturated carbocycles. The molecule has 0 spiro atoms. The largest absolute Gasteiger partial charge is 0.507 e. The highest BCUT2D eigenvalue weighted by molar-refractivity contribution is 6.51.